The van der Waals surface area contributed by atoms with Crippen LogP contribution >= 0.6 is 0 Å². The Bertz CT molecular complexity index is 1670. The molecule has 0 fully saturated rings. The molecule has 0 spiro atoms. The van der Waals surface area contributed by atoms with Crippen molar-refractivity contribution in [1.29, 1.82) is 0 Å². The van der Waals surface area contributed by atoms with Crippen LogP contribution in [0.1, 0.15) is 52.5 Å². The van der Waals surface area contributed by atoms with Crippen LogP contribution in [0.4, 0.5) is 0 Å². The molecule has 0 aliphatic carbocycles. The Morgan fingerprint density at radius 2 is 1.44 bits per heavy atom. The first kappa shape index (κ1) is 45.4. The molecule has 2 aromatic rings. The predicted molar refractivity (Wildman–Crippen MR) is 203 cm³/mol. The number of hydrogen-bond acceptors (Lipinski definition) is 10. The Morgan fingerprint density at radius 3 is 2.04 bits per heavy atom. The van der Waals surface area contributed by atoms with Gasteiger partial charge >= 0.3 is 5.97 Å². The fourth-order valence-electron chi connectivity index (χ4n) is 5.50. The molecule has 0 saturated carbocycles. The minimum Gasteiger partial charge on any atom is -0.480 e. The lowest BCUT2D eigenvalue weighted by Gasteiger charge is -2.26. The molecule has 1 aromatic heterocycles. The molecular formula is C35H55N11O9. The van der Waals surface area contributed by atoms with Gasteiger partial charge in [-0.25, -0.2) is 4.79 Å². The summed E-state index contributed by atoms with van der Waals surface area (Å²) < 4.78 is 0. The van der Waals surface area contributed by atoms with Gasteiger partial charge < -0.3 is 64.3 Å². The van der Waals surface area contributed by atoms with E-state index in [0.29, 0.717) is 5.56 Å². The van der Waals surface area contributed by atoms with Crippen LogP contribution in [-0.2, 0) is 40.0 Å². The molecule has 0 unspecified atom stereocenters. The number of benzene rings is 1. The molecular weight excluding hydrogens is 718 g/mol. The van der Waals surface area contributed by atoms with E-state index < -0.39 is 90.7 Å². The van der Waals surface area contributed by atoms with Gasteiger partial charge in [0.1, 0.15) is 30.2 Å². The first-order chi connectivity index (χ1) is 26.0. The first-order valence-corrected chi connectivity index (χ1v) is 17.9. The fourth-order valence-corrected chi connectivity index (χ4v) is 5.50. The van der Waals surface area contributed by atoms with Gasteiger partial charge in [0, 0.05) is 30.1 Å². The lowest BCUT2D eigenvalue weighted by Crippen LogP contribution is -2.59. The number of aliphatic hydroxyl groups is 1. The number of nitrogens with one attached hydrogen (secondary N) is 7. The number of carbonyl (C=O) groups excluding carboxylic acids is 6. The summed E-state index contributed by atoms with van der Waals surface area (Å²) in [7, 11) is 0. The molecule has 304 valence electrons. The Hall–Kier alpha value is -5.76. The summed E-state index contributed by atoms with van der Waals surface area (Å²) in [6.45, 7) is 5.23. The number of aliphatic imine (C=N–C) groups is 1. The van der Waals surface area contributed by atoms with Gasteiger partial charge in [-0.2, -0.15) is 0 Å². The Balaban J connectivity index is 2.21. The molecule has 2 rings (SSSR count). The zero-order valence-corrected chi connectivity index (χ0v) is 31.5. The number of amides is 6. The quantitative estimate of drug-likeness (QED) is 0.0306. The molecule has 0 aliphatic heterocycles. The second-order valence-corrected chi connectivity index (χ2v) is 13.7. The number of aromatic amines is 1. The van der Waals surface area contributed by atoms with E-state index in [1.807, 2.05) is 18.2 Å². The predicted octanol–water partition coefficient (Wildman–Crippen LogP) is -2.96. The second-order valence-electron chi connectivity index (χ2n) is 13.7. The van der Waals surface area contributed by atoms with Crippen molar-refractivity contribution in [2.75, 3.05) is 26.2 Å². The van der Waals surface area contributed by atoms with Crippen molar-refractivity contribution in [1.82, 2.24) is 36.9 Å². The van der Waals surface area contributed by atoms with Crippen molar-refractivity contribution in [3.8, 4) is 0 Å². The molecule has 0 radical (unpaired) electrons. The maximum atomic E-state index is 13.6. The van der Waals surface area contributed by atoms with Gasteiger partial charge in [0.2, 0.25) is 35.4 Å². The highest BCUT2D eigenvalue weighted by atomic mass is 16.4. The molecule has 5 atom stereocenters. The number of hydrogen-bond donors (Lipinski definition) is 12. The van der Waals surface area contributed by atoms with Crippen LogP contribution in [0.2, 0.25) is 0 Å². The molecule has 1 heterocycles. The maximum Gasteiger partial charge on any atom is 0.326 e. The molecule has 20 nitrogen and oxygen atoms in total. The van der Waals surface area contributed by atoms with Crippen LogP contribution < -0.4 is 49.1 Å². The summed E-state index contributed by atoms with van der Waals surface area (Å²) in [5.41, 5.74) is 17.4. The van der Waals surface area contributed by atoms with Gasteiger partial charge in [-0.3, -0.25) is 33.8 Å². The number of carbonyl (C=O) groups is 7. The zero-order chi connectivity index (χ0) is 41.2. The normalized spacial score (nSPS) is 13.8. The maximum absolute atomic E-state index is 13.6. The number of H-pyrrole nitrogens is 1. The lowest BCUT2D eigenvalue weighted by atomic mass is 10.0. The van der Waals surface area contributed by atoms with E-state index in [-0.39, 0.29) is 50.7 Å². The van der Waals surface area contributed by atoms with Crippen LogP contribution in [-0.4, -0.2) is 119 Å². The number of nitrogens with zero attached hydrogens (tertiary/aromatic N) is 1. The van der Waals surface area contributed by atoms with Crippen molar-refractivity contribution in [2.24, 2.45) is 34.0 Å². The van der Waals surface area contributed by atoms with Gasteiger partial charge in [0.15, 0.2) is 5.96 Å². The highest BCUT2D eigenvalue weighted by molar-refractivity contribution is 5.96. The molecule has 20 heteroatoms. The van der Waals surface area contributed by atoms with E-state index in [1.165, 1.54) is 0 Å². The van der Waals surface area contributed by atoms with Gasteiger partial charge in [0.25, 0.3) is 0 Å². The highest BCUT2D eigenvalue weighted by Crippen LogP contribution is 2.19. The average molecular weight is 774 g/mol. The highest BCUT2D eigenvalue weighted by Gasteiger charge is 2.32. The van der Waals surface area contributed by atoms with E-state index in [9.17, 15) is 43.8 Å². The topological polar surface area (TPSA) is 338 Å². The lowest BCUT2D eigenvalue weighted by molar-refractivity contribution is -0.142. The first-order valence-electron chi connectivity index (χ1n) is 17.9. The number of guanidine groups is 1. The van der Waals surface area contributed by atoms with Crippen LogP contribution in [0.5, 0.6) is 0 Å². The van der Waals surface area contributed by atoms with E-state index in [1.54, 1.807) is 40.0 Å². The van der Waals surface area contributed by atoms with Gasteiger partial charge in [0.05, 0.1) is 19.7 Å². The number of fused-ring (bicyclic) bond motifs is 1. The molecule has 6 amide bonds. The van der Waals surface area contributed by atoms with Crippen LogP contribution in [0.3, 0.4) is 0 Å². The second kappa shape index (κ2) is 22.5. The Labute approximate surface area is 318 Å². The molecule has 0 bridgehead atoms. The standard InChI is InChI=1S/C35H55N11O9/c1-18(2)12-24(31(51)43-23(34(54)55)10-7-11-39-35(37)38)42-28(49)16-41-30(50)25(13-20-15-40-22-9-6-5-8-21(20)22)44-32(52)26(17-47)45-33(53)29(19(3)4)46-27(48)14-36/h5-6,8-9,15,18-19,23-26,29,40,47H,7,10-14,16-17,36H2,1-4H3,(H,41,50)(H,42,49)(H,43,51)(H,44,52)(H,45,53)(H,46,48)(H,54,55)(H4,37,38,39)/t23-,24-,25-,26-,29-/m0/s1. The van der Waals surface area contributed by atoms with Crippen molar-refractivity contribution in [3.05, 3.63) is 36.0 Å². The molecule has 0 aliphatic rings. The van der Waals surface area contributed by atoms with E-state index in [0.717, 1.165) is 10.9 Å². The number of nitrogens with two attached hydrogens (primary N) is 3. The monoisotopic (exact) mass is 773 g/mol. The molecule has 15 N–H and O–H groups in total. The van der Waals surface area contributed by atoms with E-state index in [2.05, 4.69) is 41.9 Å². The van der Waals surface area contributed by atoms with Crippen LogP contribution in [0.15, 0.2) is 35.5 Å². The summed E-state index contributed by atoms with van der Waals surface area (Å²) in [5, 5.41) is 35.3. The minimum absolute atomic E-state index is 0.0176. The van der Waals surface area contributed by atoms with Crippen LogP contribution in [0, 0.1) is 11.8 Å². The number of carboxylic acids is 1. The molecule has 1 aromatic carbocycles. The number of para-hydroxylation sites is 1. The van der Waals surface area contributed by atoms with Crippen molar-refractivity contribution < 1.29 is 43.8 Å². The third kappa shape index (κ3) is 15.3. The molecule has 0 saturated heterocycles. The Kier molecular flexibility index (Phi) is 18.5. The van der Waals surface area contributed by atoms with Gasteiger partial charge in [-0.05, 0) is 42.7 Å². The number of aromatic nitrogens is 1. The average Bonchev–Trinajstić information content (AvgIpc) is 3.53. The summed E-state index contributed by atoms with van der Waals surface area (Å²) in [6, 6.07) is 0.869. The van der Waals surface area contributed by atoms with E-state index in [4.69, 9.17) is 17.2 Å². The number of rotatable bonds is 23. The summed E-state index contributed by atoms with van der Waals surface area (Å²) in [6.07, 6.45) is 2.00. The number of aliphatic carboxylic acids is 1. The SMILES string of the molecule is CC(C)C[C@H](NC(=O)CNC(=O)[C@H](Cc1c[nH]c2ccccc12)NC(=O)[C@H](CO)NC(=O)[C@@H](NC(=O)CN)C(C)C)C(=O)N[C@@H](CCCN=C(N)N)C(=O)O. The van der Waals surface area contributed by atoms with Crippen LogP contribution in [0.25, 0.3) is 10.9 Å². The fraction of sp³-hybridized carbons (Fsp3) is 0.543. The van der Waals surface area contributed by atoms with Gasteiger partial charge in [-0.1, -0.05) is 45.9 Å². The summed E-state index contributed by atoms with van der Waals surface area (Å²) in [5.74, 6) is -6.55. The number of carboxylic acid groups (broad SMARTS) is 1. The van der Waals surface area contributed by atoms with Crippen molar-refractivity contribution in [3.63, 3.8) is 0 Å². The van der Waals surface area contributed by atoms with E-state index >= 15 is 0 Å². The largest absolute Gasteiger partial charge is 0.480 e. The Morgan fingerprint density at radius 1 is 0.800 bits per heavy atom. The van der Waals surface area contributed by atoms with Crippen molar-refractivity contribution in [2.45, 2.75) is 83.6 Å². The minimum atomic E-state index is -1.53. The smallest absolute Gasteiger partial charge is 0.326 e. The summed E-state index contributed by atoms with van der Waals surface area (Å²) in [4.78, 5) is 97.0. The third-order valence-electron chi connectivity index (χ3n) is 8.34. The number of aliphatic hydroxyl groups excluding tert-OH is 1. The summed E-state index contributed by atoms with van der Waals surface area (Å²) >= 11 is 0. The van der Waals surface area contributed by atoms with Crippen molar-refractivity contribution >= 4 is 58.3 Å². The van der Waals surface area contributed by atoms with Gasteiger partial charge in [-0.15, -0.1) is 0 Å². The molecule has 55 heavy (non-hydrogen) atoms. The third-order valence-corrected chi connectivity index (χ3v) is 8.34. The zero-order valence-electron chi connectivity index (χ0n) is 31.5.